The van der Waals surface area contributed by atoms with Crippen molar-refractivity contribution in [3.63, 3.8) is 0 Å². The molecule has 1 rings (SSSR count). The molecule has 1 fully saturated rings. The summed E-state index contributed by atoms with van der Waals surface area (Å²) in [6.07, 6.45) is 4.19. The molecule has 0 aromatic carbocycles. The van der Waals surface area contributed by atoms with Gasteiger partial charge in [0, 0.05) is 19.7 Å². The summed E-state index contributed by atoms with van der Waals surface area (Å²) in [4.78, 5) is 22.9. The topological polar surface area (TPSA) is 87.7 Å². The Kier molecular flexibility index (Phi) is 6.62. The fraction of sp³-hybridized carbons (Fsp3) is 0.846. The number of carboxylic acid groups (broad SMARTS) is 1. The average molecular weight is 272 g/mol. The van der Waals surface area contributed by atoms with E-state index in [2.05, 4.69) is 10.6 Å². The van der Waals surface area contributed by atoms with Crippen LogP contribution in [0, 0.1) is 5.41 Å². The Bertz CT molecular complexity index is 301. The highest BCUT2D eigenvalue weighted by Crippen LogP contribution is 2.35. The van der Waals surface area contributed by atoms with Gasteiger partial charge in [-0.05, 0) is 19.8 Å². The summed E-state index contributed by atoms with van der Waals surface area (Å²) in [6, 6.07) is -0.328. The Hall–Kier alpha value is -1.30. The Balaban J connectivity index is 2.31. The molecule has 1 aliphatic carbocycles. The predicted molar refractivity (Wildman–Crippen MR) is 71.0 cm³/mol. The number of carboxylic acids is 1. The fourth-order valence-corrected chi connectivity index (χ4v) is 2.39. The van der Waals surface area contributed by atoms with Crippen LogP contribution in [-0.4, -0.2) is 43.4 Å². The van der Waals surface area contributed by atoms with Gasteiger partial charge in [0.25, 0.3) is 0 Å². The Morgan fingerprint density at radius 3 is 2.47 bits per heavy atom. The van der Waals surface area contributed by atoms with Crippen molar-refractivity contribution in [3.8, 4) is 0 Å². The highest BCUT2D eigenvalue weighted by atomic mass is 16.5. The molecule has 19 heavy (non-hydrogen) atoms. The van der Waals surface area contributed by atoms with Crippen LogP contribution in [0.2, 0.25) is 0 Å². The van der Waals surface area contributed by atoms with Crippen LogP contribution in [0.4, 0.5) is 4.79 Å². The summed E-state index contributed by atoms with van der Waals surface area (Å²) in [5, 5.41) is 14.7. The maximum atomic E-state index is 11.5. The van der Waals surface area contributed by atoms with Gasteiger partial charge in [0.15, 0.2) is 0 Å². The van der Waals surface area contributed by atoms with Gasteiger partial charge >= 0.3 is 12.0 Å². The molecule has 0 aromatic heterocycles. The smallest absolute Gasteiger partial charge is 0.314 e. The molecule has 6 heteroatoms. The SMILES string of the molecule is CCOCCNC(=O)NCC1(C(=O)O)CCCCC1. The van der Waals surface area contributed by atoms with E-state index < -0.39 is 11.4 Å². The van der Waals surface area contributed by atoms with Gasteiger partial charge in [0.2, 0.25) is 0 Å². The molecule has 0 aliphatic heterocycles. The van der Waals surface area contributed by atoms with Gasteiger partial charge in [-0.3, -0.25) is 4.79 Å². The van der Waals surface area contributed by atoms with E-state index in [0.29, 0.717) is 32.6 Å². The number of rotatable bonds is 7. The zero-order valence-electron chi connectivity index (χ0n) is 11.5. The van der Waals surface area contributed by atoms with Crippen LogP contribution >= 0.6 is 0 Å². The monoisotopic (exact) mass is 272 g/mol. The first-order chi connectivity index (χ1) is 9.10. The molecule has 110 valence electrons. The number of ether oxygens (including phenoxy) is 1. The number of aliphatic carboxylic acids is 1. The van der Waals surface area contributed by atoms with Crippen LogP contribution in [-0.2, 0) is 9.53 Å². The molecule has 2 amide bonds. The molecule has 0 aromatic rings. The Labute approximate surface area is 113 Å². The van der Waals surface area contributed by atoms with E-state index in [4.69, 9.17) is 4.74 Å². The number of urea groups is 1. The summed E-state index contributed by atoms with van der Waals surface area (Å²) in [5.74, 6) is -0.804. The Morgan fingerprint density at radius 1 is 1.21 bits per heavy atom. The van der Waals surface area contributed by atoms with E-state index in [1.807, 2.05) is 6.92 Å². The molecule has 3 N–H and O–H groups in total. The first-order valence-electron chi connectivity index (χ1n) is 6.93. The quantitative estimate of drug-likeness (QED) is 0.611. The third-order valence-electron chi connectivity index (χ3n) is 3.59. The van der Waals surface area contributed by atoms with Crippen molar-refractivity contribution in [2.45, 2.75) is 39.0 Å². The molecular weight excluding hydrogens is 248 g/mol. The van der Waals surface area contributed by atoms with Crippen LogP contribution in [0.3, 0.4) is 0 Å². The van der Waals surface area contributed by atoms with E-state index in [0.717, 1.165) is 19.3 Å². The van der Waals surface area contributed by atoms with Crippen molar-refractivity contribution in [3.05, 3.63) is 0 Å². The second kappa shape index (κ2) is 7.99. The summed E-state index contributed by atoms with van der Waals surface area (Å²) in [5.41, 5.74) is -0.782. The van der Waals surface area contributed by atoms with E-state index in [9.17, 15) is 14.7 Å². The van der Waals surface area contributed by atoms with Gasteiger partial charge in [0.05, 0.1) is 12.0 Å². The first kappa shape index (κ1) is 15.8. The van der Waals surface area contributed by atoms with Crippen molar-refractivity contribution in [2.24, 2.45) is 5.41 Å². The highest BCUT2D eigenvalue weighted by Gasteiger charge is 2.39. The molecule has 0 bridgehead atoms. The van der Waals surface area contributed by atoms with Gasteiger partial charge in [-0.25, -0.2) is 4.79 Å². The lowest BCUT2D eigenvalue weighted by molar-refractivity contribution is -0.150. The third kappa shape index (κ3) is 5.06. The van der Waals surface area contributed by atoms with Crippen molar-refractivity contribution >= 4 is 12.0 Å². The van der Waals surface area contributed by atoms with Gasteiger partial charge in [0.1, 0.15) is 0 Å². The molecule has 1 aliphatic rings. The number of carbonyl (C=O) groups excluding carboxylic acids is 1. The molecule has 0 radical (unpaired) electrons. The fourth-order valence-electron chi connectivity index (χ4n) is 2.39. The van der Waals surface area contributed by atoms with Crippen molar-refractivity contribution in [2.75, 3.05) is 26.3 Å². The number of carbonyl (C=O) groups is 2. The maximum absolute atomic E-state index is 11.5. The lowest BCUT2D eigenvalue weighted by atomic mass is 9.74. The first-order valence-corrected chi connectivity index (χ1v) is 6.93. The minimum atomic E-state index is -0.804. The lowest BCUT2D eigenvalue weighted by Gasteiger charge is -2.33. The van der Waals surface area contributed by atoms with Crippen molar-refractivity contribution in [1.29, 1.82) is 0 Å². The lowest BCUT2D eigenvalue weighted by Crippen LogP contribution is -2.47. The van der Waals surface area contributed by atoms with Crippen molar-refractivity contribution < 1.29 is 19.4 Å². The molecule has 0 unspecified atom stereocenters. The zero-order chi connectivity index (χ0) is 14.1. The van der Waals surface area contributed by atoms with Gasteiger partial charge in [-0.1, -0.05) is 19.3 Å². The largest absolute Gasteiger partial charge is 0.481 e. The molecule has 6 nitrogen and oxygen atoms in total. The maximum Gasteiger partial charge on any atom is 0.314 e. The van der Waals surface area contributed by atoms with E-state index in [1.54, 1.807) is 0 Å². The zero-order valence-corrected chi connectivity index (χ0v) is 11.5. The van der Waals surface area contributed by atoms with Gasteiger partial charge in [-0.15, -0.1) is 0 Å². The normalized spacial score (nSPS) is 17.7. The molecule has 1 saturated carbocycles. The predicted octanol–water partition coefficient (Wildman–Crippen LogP) is 1.36. The van der Waals surface area contributed by atoms with E-state index >= 15 is 0 Å². The molecule has 0 heterocycles. The molecule has 0 spiro atoms. The summed E-state index contributed by atoms with van der Waals surface area (Å²) in [6.45, 7) is 3.60. The second-order valence-corrected chi connectivity index (χ2v) is 4.95. The van der Waals surface area contributed by atoms with Crippen LogP contribution < -0.4 is 10.6 Å². The van der Waals surface area contributed by atoms with E-state index in [1.165, 1.54) is 0 Å². The summed E-state index contributed by atoms with van der Waals surface area (Å²) >= 11 is 0. The molecule has 0 saturated heterocycles. The standard InChI is InChI=1S/C13H24N2O4/c1-2-19-9-8-14-12(18)15-10-13(11(16)17)6-4-3-5-7-13/h2-10H2,1H3,(H,16,17)(H2,14,15,18). The number of nitrogens with one attached hydrogen (secondary N) is 2. The third-order valence-corrected chi connectivity index (χ3v) is 3.59. The summed E-state index contributed by atoms with van der Waals surface area (Å²) < 4.78 is 5.10. The Morgan fingerprint density at radius 2 is 1.89 bits per heavy atom. The highest BCUT2D eigenvalue weighted by molar-refractivity contribution is 5.78. The number of hydrogen-bond acceptors (Lipinski definition) is 3. The minimum Gasteiger partial charge on any atom is -0.481 e. The van der Waals surface area contributed by atoms with Gasteiger partial charge < -0.3 is 20.5 Å². The van der Waals surface area contributed by atoms with Crippen LogP contribution in [0.15, 0.2) is 0 Å². The van der Waals surface area contributed by atoms with E-state index in [-0.39, 0.29) is 12.6 Å². The average Bonchev–Trinajstić information content (AvgIpc) is 2.42. The van der Waals surface area contributed by atoms with Crippen LogP contribution in [0.25, 0.3) is 0 Å². The van der Waals surface area contributed by atoms with Crippen LogP contribution in [0.1, 0.15) is 39.0 Å². The molecule has 0 atom stereocenters. The van der Waals surface area contributed by atoms with Gasteiger partial charge in [-0.2, -0.15) is 0 Å². The number of amides is 2. The molecular formula is C13H24N2O4. The second-order valence-electron chi connectivity index (χ2n) is 4.95. The number of hydrogen-bond donors (Lipinski definition) is 3. The van der Waals surface area contributed by atoms with Crippen LogP contribution in [0.5, 0.6) is 0 Å². The van der Waals surface area contributed by atoms with Crippen molar-refractivity contribution in [1.82, 2.24) is 10.6 Å². The summed E-state index contributed by atoms with van der Waals surface area (Å²) in [7, 11) is 0. The minimum absolute atomic E-state index is 0.197.